The van der Waals surface area contributed by atoms with E-state index in [4.69, 9.17) is 0 Å². The van der Waals surface area contributed by atoms with E-state index in [2.05, 4.69) is 15.3 Å². The van der Waals surface area contributed by atoms with E-state index in [1.165, 1.54) is 0 Å². The number of aromatic nitrogens is 2. The van der Waals surface area contributed by atoms with E-state index in [1.54, 1.807) is 0 Å². The monoisotopic (exact) mass is 167 g/mol. The van der Waals surface area contributed by atoms with Crippen molar-refractivity contribution in [2.24, 2.45) is 0 Å². The molecule has 2 rings (SSSR count). The summed E-state index contributed by atoms with van der Waals surface area (Å²) in [5, 5.41) is 2.97. The third-order valence-corrected chi connectivity index (χ3v) is 1.95. The maximum atomic E-state index is 11.2. The summed E-state index contributed by atoms with van der Waals surface area (Å²) in [4.78, 5) is 26.7. The molecule has 1 aliphatic heterocycles. The van der Waals surface area contributed by atoms with Crippen LogP contribution in [0.15, 0.2) is 9.59 Å². The SMILES string of the molecule is O=c1[nH]c2c(c(=O)[nH]1)CCCN2. The molecule has 0 aromatic carbocycles. The van der Waals surface area contributed by atoms with Crippen molar-refractivity contribution < 1.29 is 0 Å². The van der Waals surface area contributed by atoms with Crippen molar-refractivity contribution in [2.75, 3.05) is 11.9 Å². The van der Waals surface area contributed by atoms with Crippen molar-refractivity contribution in [2.45, 2.75) is 12.8 Å². The van der Waals surface area contributed by atoms with Crippen molar-refractivity contribution in [1.82, 2.24) is 9.97 Å². The fourth-order valence-corrected chi connectivity index (χ4v) is 1.38. The first-order valence-corrected chi connectivity index (χ1v) is 3.87. The van der Waals surface area contributed by atoms with Crippen LogP contribution < -0.4 is 16.6 Å². The van der Waals surface area contributed by atoms with E-state index in [-0.39, 0.29) is 5.56 Å². The Balaban J connectivity index is 2.68. The molecule has 1 aromatic heterocycles. The third-order valence-electron chi connectivity index (χ3n) is 1.95. The van der Waals surface area contributed by atoms with Crippen LogP contribution in [0, 0.1) is 0 Å². The molecule has 0 saturated heterocycles. The van der Waals surface area contributed by atoms with Gasteiger partial charge in [-0.05, 0) is 12.8 Å². The summed E-state index contributed by atoms with van der Waals surface area (Å²) in [6.45, 7) is 0.812. The number of H-pyrrole nitrogens is 2. The maximum Gasteiger partial charge on any atom is 0.327 e. The van der Waals surface area contributed by atoms with Crippen LogP contribution in [0.4, 0.5) is 5.82 Å². The summed E-state index contributed by atoms with van der Waals surface area (Å²) in [5.41, 5.74) is -0.0741. The molecule has 0 spiro atoms. The van der Waals surface area contributed by atoms with Crippen molar-refractivity contribution in [3.05, 3.63) is 26.4 Å². The Morgan fingerprint density at radius 3 is 2.83 bits per heavy atom. The van der Waals surface area contributed by atoms with Gasteiger partial charge in [0.25, 0.3) is 5.56 Å². The average Bonchev–Trinajstić information content (AvgIpc) is 2.04. The zero-order valence-corrected chi connectivity index (χ0v) is 6.44. The smallest absolute Gasteiger partial charge is 0.327 e. The molecule has 2 heterocycles. The van der Waals surface area contributed by atoms with Crippen molar-refractivity contribution >= 4 is 5.82 Å². The van der Waals surface area contributed by atoms with Gasteiger partial charge in [0, 0.05) is 6.54 Å². The van der Waals surface area contributed by atoms with Crippen LogP contribution in [0.25, 0.3) is 0 Å². The minimum Gasteiger partial charge on any atom is -0.371 e. The van der Waals surface area contributed by atoms with Crippen LogP contribution in [0.3, 0.4) is 0 Å². The lowest BCUT2D eigenvalue weighted by atomic mass is 10.1. The highest BCUT2D eigenvalue weighted by Gasteiger charge is 2.12. The topological polar surface area (TPSA) is 77.8 Å². The molecule has 12 heavy (non-hydrogen) atoms. The van der Waals surface area contributed by atoms with E-state index in [9.17, 15) is 9.59 Å². The second kappa shape index (κ2) is 2.51. The third kappa shape index (κ3) is 1.03. The highest BCUT2D eigenvalue weighted by atomic mass is 16.2. The molecule has 1 aromatic rings. The van der Waals surface area contributed by atoms with Crippen molar-refractivity contribution in [1.29, 1.82) is 0 Å². The Hall–Kier alpha value is -1.52. The minimum atomic E-state index is -0.451. The normalized spacial score (nSPS) is 15.0. The quantitative estimate of drug-likeness (QED) is 0.484. The summed E-state index contributed by atoms with van der Waals surface area (Å²) in [6, 6.07) is 0. The first kappa shape index (κ1) is 7.15. The fourth-order valence-electron chi connectivity index (χ4n) is 1.38. The molecule has 3 N–H and O–H groups in total. The summed E-state index contributed by atoms with van der Waals surface area (Å²) in [6.07, 6.45) is 1.66. The molecule has 0 radical (unpaired) electrons. The molecule has 1 aliphatic rings. The van der Waals surface area contributed by atoms with Gasteiger partial charge in [-0.1, -0.05) is 0 Å². The standard InChI is InChI=1S/C7H9N3O2/c11-6-4-2-1-3-8-5(4)9-7(12)10-6/h1-3H2,(H3,8,9,10,11,12). The number of fused-ring (bicyclic) bond motifs is 1. The summed E-state index contributed by atoms with van der Waals surface area (Å²) in [7, 11) is 0. The molecule has 0 unspecified atom stereocenters. The van der Waals surface area contributed by atoms with Gasteiger partial charge in [-0.15, -0.1) is 0 Å². The van der Waals surface area contributed by atoms with Gasteiger partial charge in [-0.3, -0.25) is 14.8 Å². The number of hydrogen-bond donors (Lipinski definition) is 3. The van der Waals surface area contributed by atoms with Crippen LogP contribution in [0.5, 0.6) is 0 Å². The fraction of sp³-hybridized carbons (Fsp3) is 0.429. The average molecular weight is 167 g/mol. The first-order valence-electron chi connectivity index (χ1n) is 3.87. The number of anilines is 1. The van der Waals surface area contributed by atoms with Gasteiger partial charge in [0.2, 0.25) is 0 Å². The highest BCUT2D eigenvalue weighted by molar-refractivity contribution is 5.43. The lowest BCUT2D eigenvalue weighted by molar-refractivity contribution is 0.790. The Labute approximate surface area is 67.8 Å². The lowest BCUT2D eigenvalue weighted by Gasteiger charge is -2.14. The Kier molecular flexibility index (Phi) is 1.49. The molecule has 64 valence electrons. The van der Waals surface area contributed by atoms with Gasteiger partial charge in [-0.25, -0.2) is 4.79 Å². The lowest BCUT2D eigenvalue weighted by Crippen LogP contribution is -2.30. The zero-order chi connectivity index (χ0) is 8.55. The predicted octanol–water partition coefficient (Wildman–Crippen LogP) is -0.579. The number of nitrogens with one attached hydrogen (secondary N) is 3. The van der Waals surface area contributed by atoms with E-state index in [1.807, 2.05) is 0 Å². The van der Waals surface area contributed by atoms with Gasteiger partial charge < -0.3 is 5.32 Å². The largest absolute Gasteiger partial charge is 0.371 e. The van der Waals surface area contributed by atoms with Gasteiger partial charge in [0.1, 0.15) is 5.82 Å². The number of rotatable bonds is 0. The molecule has 0 fully saturated rings. The molecule has 5 heteroatoms. The van der Waals surface area contributed by atoms with Crippen LogP contribution >= 0.6 is 0 Å². The molecule has 0 aliphatic carbocycles. The maximum absolute atomic E-state index is 11.2. The Morgan fingerprint density at radius 2 is 2.00 bits per heavy atom. The highest BCUT2D eigenvalue weighted by Crippen LogP contribution is 2.11. The van der Waals surface area contributed by atoms with E-state index < -0.39 is 5.69 Å². The molecule has 0 amide bonds. The zero-order valence-electron chi connectivity index (χ0n) is 6.44. The minimum absolute atomic E-state index is 0.277. The molecule has 0 atom stereocenters. The van der Waals surface area contributed by atoms with E-state index in [0.29, 0.717) is 11.4 Å². The van der Waals surface area contributed by atoms with E-state index in [0.717, 1.165) is 19.4 Å². The summed E-state index contributed by atoms with van der Waals surface area (Å²) >= 11 is 0. The van der Waals surface area contributed by atoms with Gasteiger partial charge in [0.15, 0.2) is 0 Å². The first-order chi connectivity index (χ1) is 5.77. The second-order valence-electron chi connectivity index (χ2n) is 2.79. The predicted molar refractivity (Wildman–Crippen MR) is 44.5 cm³/mol. The molecule has 0 bridgehead atoms. The van der Waals surface area contributed by atoms with Crippen LogP contribution in [-0.4, -0.2) is 16.5 Å². The van der Waals surface area contributed by atoms with Gasteiger partial charge >= 0.3 is 5.69 Å². The van der Waals surface area contributed by atoms with Gasteiger partial charge in [0.05, 0.1) is 5.56 Å². The van der Waals surface area contributed by atoms with Crippen LogP contribution in [0.1, 0.15) is 12.0 Å². The molecule has 0 saturated carbocycles. The summed E-state index contributed by atoms with van der Waals surface area (Å²) < 4.78 is 0. The van der Waals surface area contributed by atoms with Crippen LogP contribution in [0.2, 0.25) is 0 Å². The van der Waals surface area contributed by atoms with E-state index >= 15 is 0 Å². The Bertz CT molecular complexity index is 404. The van der Waals surface area contributed by atoms with Crippen molar-refractivity contribution in [3.63, 3.8) is 0 Å². The Morgan fingerprint density at radius 1 is 1.17 bits per heavy atom. The number of aromatic amines is 2. The second-order valence-corrected chi connectivity index (χ2v) is 2.79. The molecular weight excluding hydrogens is 158 g/mol. The molecule has 5 nitrogen and oxygen atoms in total. The molecular formula is C7H9N3O2. The van der Waals surface area contributed by atoms with Crippen LogP contribution in [-0.2, 0) is 6.42 Å². The number of hydrogen-bond acceptors (Lipinski definition) is 3. The summed E-state index contributed by atoms with van der Waals surface area (Å²) in [5.74, 6) is 0.579. The van der Waals surface area contributed by atoms with Crippen molar-refractivity contribution in [3.8, 4) is 0 Å². The van der Waals surface area contributed by atoms with Gasteiger partial charge in [-0.2, -0.15) is 0 Å².